The Bertz CT molecular complexity index is 1500. The maximum atomic E-state index is 13.3. The fourth-order valence-corrected chi connectivity index (χ4v) is 4.40. The molecule has 2 saturated carbocycles. The van der Waals surface area contributed by atoms with Crippen LogP contribution in [0.25, 0.3) is 22.3 Å². The summed E-state index contributed by atoms with van der Waals surface area (Å²) in [5.41, 5.74) is 7.26. The molecule has 0 unspecified atom stereocenters. The number of halogens is 3. The standard InChI is InChI=1S/C23H21F3N8O2/c1-11-6-14(13-9-34(12-2-3-12)20-18(13)19(27)29-10-30-20)28-8-15(11)31-21(35)32-17-7-16(33-36-17)22(4-5-22)23(24,25)26/h6-10,12H,2-5H2,1H3,(H2,27,29,30)(H2,31,32,35). The number of carbonyl (C=O) groups excluding carboxylic acids is 1. The molecule has 0 spiro atoms. The second-order valence-corrected chi connectivity index (χ2v) is 9.26. The van der Waals surface area contributed by atoms with Gasteiger partial charge in [0.1, 0.15) is 28.9 Å². The minimum absolute atomic E-state index is 0.0526. The van der Waals surface area contributed by atoms with Gasteiger partial charge in [-0.3, -0.25) is 10.3 Å². The molecule has 0 aromatic carbocycles. The number of rotatable bonds is 5. The molecule has 4 aromatic heterocycles. The molecule has 0 aliphatic heterocycles. The molecule has 0 atom stereocenters. The number of fused-ring (bicyclic) bond motifs is 1. The molecule has 186 valence electrons. The number of nitrogens with two attached hydrogens (primary N) is 1. The Kier molecular flexibility index (Phi) is 4.75. The highest BCUT2D eigenvalue weighted by Gasteiger charge is 2.66. The van der Waals surface area contributed by atoms with Gasteiger partial charge in [0, 0.05) is 23.9 Å². The van der Waals surface area contributed by atoms with Crippen molar-refractivity contribution in [3.63, 3.8) is 0 Å². The van der Waals surface area contributed by atoms with Gasteiger partial charge in [0.05, 0.1) is 23.0 Å². The molecular weight excluding hydrogens is 477 g/mol. The Morgan fingerprint density at radius 1 is 1.19 bits per heavy atom. The van der Waals surface area contributed by atoms with Crippen molar-refractivity contribution in [1.29, 1.82) is 0 Å². The number of carbonyl (C=O) groups is 1. The van der Waals surface area contributed by atoms with E-state index in [9.17, 15) is 18.0 Å². The van der Waals surface area contributed by atoms with Crippen LogP contribution in [0.5, 0.6) is 0 Å². The zero-order valence-electron chi connectivity index (χ0n) is 19.1. The van der Waals surface area contributed by atoms with Crippen LogP contribution < -0.4 is 16.4 Å². The van der Waals surface area contributed by atoms with E-state index in [1.807, 2.05) is 6.20 Å². The summed E-state index contributed by atoms with van der Waals surface area (Å²) >= 11 is 0. The molecule has 6 rings (SSSR count). The molecule has 2 aliphatic carbocycles. The Balaban J connectivity index is 1.21. The predicted molar refractivity (Wildman–Crippen MR) is 124 cm³/mol. The number of anilines is 3. The number of nitrogen functional groups attached to an aromatic ring is 1. The average Bonchev–Trinajstić information content (AvgIpc) is 3.74. The quantitative estimate of drug-likeness (QED) is 0.354. The molecule has 2 amide bonds. The first kappa shape index (κ1) is 22.3. The zero-order chi connectivity index (χ0) is 25.2. The Morgan fingerprint density at radius 2 is 1.97 bits per heavy atom. The van der Waals surface area contributed by atoms with Crippen LogP contribution in [0.3, 0.4) is 0 Å². The second-order valence-electron chi connectivity index (χ2n) is 9.26. The number of aromatic nitrogens is 5. The largest absolute Gasteiger partial charge is 0.400 e. The monoisotopic (exact) mass is 498 g/mol. The molecule has 4 heterocycles. The van der Waals surface area contributed by atoms with Gasteiger partial charge in [-0.25, -0.2) is 14.8 Å². The van der Waals surface area contributed by atoms with Gasteiger partial charge in [0.15, 0.2) is 0 Å². The van der Waals surface area contributed by atoms with Crippen LogP contribution in [0.15, 0.2) is 35.4 Å². The number of hydrogen-bond acceptors (Lipinski definition) is 7. The summed E-state index contributed by atoms with van der Waals surface area (Å²) < 4.78 is 46.9. The fourth-order valence-electron chi connectivity index (χ4n) is 4.40. The molecule has 13 heteroatoms. The molecule has 2 aliphatic rings. The van der Waals surface area contributed by atoms with Crippen molar-refractivity contribution < 1.29 is 22.5 Å². The third kappa shape index (κ3) is 3.62. The van der Waals surface area contributed by atoms with Gasteiger partial charge < -0.3 is 20.1 Å². The van der Waals surface area contributed by atoms with E-state index in [0.717, 1.165) is 35.5 Å². The number of hydrogen-bond donors (Lipinski definition) is 3. The van der Waals surface area contributed by atoms with Gasteiger partial charge >= 0.3 is 12.2 Å². The minimum Gasteiger partial charge on any atom is -0.383 e. The van der Waals surface area contributed by atoms with Gasteiger partial charge in [-0.15, -0.1) is 0 Å². The second kappa shape index (κ2) is 7.67. The highest BCUT2D eigenvalue weighted by Crippen LogP contribution is 2.58. The summed E-state index contributed by atoms with van der Waals surface area (Å²) in [6, 6.07) is 2.59. The number of pyridine rings is 1. The number of amides is 2. The van der Waals surface area contributed by atoms with Crippen LogP contribution in [0.2, 0.25) is 0 Å². The summed E-state index contributed by atoms with van der Waals surface area (Å²) in [5, 5.41) is 9.26. The number of nitrogens with one attached hydrogen (secondary N) is 2. The van der Waals surface area contributed by atoms with E-state index in [-0.39, 0.29) is 24.4 Å². The van der Waals surface area contributed by atoms with Gasteiger partial charge in [-0.1, -0.05) is 5.16 Å². The van der Waals surface area contributed by atoms with Crippen LogP contribution in [-0.4, -0.2) is 36.9 Å². The minimum atomic E-state index is -4.42. The first-order chi connectivity index (χ1) is 17.2. The lowest BCUT2D eigenvalue weighted by molar-refractivity contribution is -0.161. The van der Waals surface area contributed by atoms with Crippen LogP contribution in [0.4, 0.5) is 35.4 Å². The molecule has 0 bridgehead atoms. The first-order valence-corrected chi connectivity index (χ1v) is 11.4. The Hall–Kier alpha value is -4.16. The van der Waals surface area contributed by atoms with Gasteiger partial charge in [0.25, 0.3) is 0 Å². The van der Waals surface area contributed by atoms with Gasteiger partial charge in [-0.2, -0.15) is 13.2 Å². The van der Waals surface area contributed by atoms with Crippen molar-refractivity contribution in [2.45, 2.75) is 50.2 Å². The van der Waals surface area contributed by atoms with Crippen molar-refractivity contribution in [3.8, 4) is 11.3 Å². The van der Waals surface area contributed by atoms with E-state index in [1.165, 1.54) is 12.5 Å². The van der Waals surface area contributed by atoms with Crippen LogP contribution in [0, 0.1) is 6.92 Å². The summed E-state index contributed by atoms with van der Waals surface area (Å²) in [7, 11) is 0. The lowest BCUT2D eigenvalue weighted by atomic mass is 10.0. The smallest absolute Gasteiger partial charge is 0.383 e. The fraction of sp³-hybridized carbons (Fsp3) is 0.348. The third-order valence-electron chi connectivity index (χ3n) is 6.74. The zero-order valence-corrected chi connectivity index (χ0v) is 19.1. The molecule has 2 fully saturated rings. The molecule has 10 nitrogen and oxygen atoms in total. The van der Waals surface area contributed by atoms with Gasteiger partial charge in [0.2, 0.25) is 5.88 Å². The van der Waals surface area contributed by atoms with Crippen LogP contribution >= 0.6 is 0 Å². The number of aryl methyl sites for hydroxylation is 1. The lowest BCUT2D eigenvalue weighted by Crippen LogP contribution is -2.28. The summed E-state index contributed by atoms with van der Waals surface area (Å²) in [5.74, 6) is 0.184. The number of alkyl halides is 3. The average molecular weight is 498 g/mol. The van der Waals surface area contributed by atoms with Crippen molar-refractivity contribution in [3.05, 3.63) is 42.1 Å². The molecular formula is C23H21F3N8O2. The van der Waals surface area contributed by atoms with E-state index in [2.05, 4.69) is 35.3 Å². The maximum Gasteiger partial charge on any atom is 0.400 e. The van der Waals surface area contributed by atoms with Gasteiger partial charge in [-0.05, 0) is 44.2 Å². The Morgan fingerprint density at radius 3 is 2.64 bits per heavy atom. The molecule has 4 N–H and O–H groups in total. The predicted octanol–water partition coefficient (Wildman–Crippen LogP) is 4.94. The van der Waals surface area contributed by atoms with Crippen molar-refractivity contribution in [1.82, 2.24) is 24.7 Å². The number of urea groups is 1. The molecule has 4 aromatic rings. The molecule has 0 saturated heterocycles. The summed E-state index contributed by atoms with van der Waals surface area (Å²) in [4.78, 5) is 25.5. The maximum absolute atomic E-state index is 13.3. The van der Waals surface area contributed by atoms with E-state index < -0.39 is 17.6 Å². The SMILES string of the molecule is Cc1cc(-c2cn(C3CC3)c3ncnc(N)c23)ncc1NC(=O)Nc1cc(C2(C(F)(F)F)CC2)no1. The van der Waals surface area contributed by atoms with Crippen molar-refractivity contribution >= 4 is 34.5 Å². The van der Waals surface area contributed by atoms with Crippen molar-refractivity contribution in [2.75, 3.05) is 16.4 Å². The highest BCUT2D eigenvalue weighted by atomic mass is 19.4. The van der Waals surface area contributed by atoms with E-state index in [4.69, 9.17) is 10.3 Å². The molecule has 36 heavy (non-hydrogen) atoms. The normalized spacial score (nSPS) is 16.8. The lowest BCUT2D eigenvalue weighted by Gasteiger charge is -2.15. The molecule has 0 radical (unpaired) electrons. The van der Waals surface area contributed by atoms with Crippen LogP contribution in [-0.2, 0) is 5.41 Å². The van der Waals surface area contributed by atoms with E-state index in [1.54, 1.807) is 13.0 Å². The number of nitrogens with zero attached hydrogens (tertiary/aromatic N) is 5. The summed E-state index contributed by atoms with van der Waals surface area (Å²) in [6.45, 7) is 1.80. The summed E-state index contributed by atoms with van der Waals surface area (Å²) in [6.07, 6.45) is 2.53. The highest BCUT2D eigenvalue weighted by molar-refractivity contribution is 6.01. The van der Waals surface area contributed by atoms with E-state index >= 15 is 0 Å². The van der Waals surface area contributed by atoms with Crippen molar-refractivity contribution in [2.24, 2.45) is 0 Å². The first-order valence-electron chi connectivity index (χ1n) is 11.4. The van der Waals surface area contributed by atoms with Crippen LogP contribution in [0.1, 0.15) is 43.0 Å². The third-order valence-corrected chi connectivity index (χ3v) is 6.74. The topological polar surface area (TPSA) is 137 Å². The Labute approximate surface area is 202 Å². The van der Waals surface area contributed by atoms with E-state index in [0.29, 0.717) is 28.8 Å².